The number of allylic oxidation sites excluding steroid dienone is 1. The molecule has 19 heavy (non-hydrogen) atoms. The van der Waals surface area contributed by atoms with Gasteiger partial charge in [0.25, 0.3) is 0 Å². The Balaban J connectivity index is 1.94. The lowest BCUT2D eigenvalue weighted by Gasteiger charge is -2.40. The highest BCUT2D eigenvalue weighted by Gasteiger charge is 2.41. The van der Waals surface area contributed by atoms with Gasteiger partial charge in [0, 0.05) is 4.48 Å². The number of hydrogen-bond acceptors (Lipinski definition) is 0. The first kappa shape index (κ1) is 16.0. The van der Waals surface area contributed by atoms with Gasteiger partial charge in [-0.05, 0) is 17.8 Å². The first-order chi connectivity index (χ1) is 9.24. The minimum atomic E-state index is 0.685. The van der Waals surface area contributed by atoms with E-state index in [4.69, 9.17) is 11.6 Å². The van der Waals surface area contributed by atoms with E-state index < -0.39 is 0 Å². The van der Waals surface area contributed by atoms with Gasteiger partial charge in [0.05, 0.1) is 0 Å². The second kappa shape index (κ2) is 8.12. The van der Waals surface area contributed by atoms with Crippen molar-refractivity contribution in [2.45, 2.75) is 89.2 Å². The van der Waals surface area contributed by atoms with E-state index in [1.54, 1.807) is 0 Å². The maximum absolute atomic E-state index is 6.76. The van der Waals surface area contributed by atoms with Gasteiger partial charge >= 0.3 is 0 Å². The van der Waals surface area contributed by atoms with Crippen molar-refractivity contribution in [2.75, 3.05) is 0 Å². The highest BCUT2D eigenvalue weighted by Crippen LogP contribution is 2.50. The predicted octanol–water partition coefficient (Wildman–Crippen LogP) is 6.94. The molecule has 0 N–H and O–H groups in total. The molecule has 2 aliphatic rings. The van der Waals surface area contributed by atoms with Crippen molar-refractivity contribution in [3.63, 3.8) is 0 Å². The van der Waals surface area contributed by atoms with Crippen molar-refractivity contribution in [3.8, 4) is 0 Å². The lowest BCUT2D eigenvalue weighted by molar-refractivity contribution is 0.447. The first-order valence-corrected chi connectivity index (χ1v) is 9.45. The molecule has 0 radical (unpaired) electrons. The smallest absolute Gasteiger partial charge is 0.0991 e. The standard InChI is InChI=1S/C16H27BBrCl/c1-2-3-4-5-12-15(18)16(19)17-13-8-6-9-14(17)11-7-10-13/h13-14H,2-12H2,1H3/b16-15-. The lowest BCUT2D eigenvalue weighted by Crippen LogP contribution is -2.35. The molecule has 0 aliphatic carbocycles. The predicted molar refractivity (Wildman–Crippen MR) is 91.5 cm³/mol. The summed E-state index contributed by atoms with van der Waals surface area (Å²) in [6, 6.07) is 0. The second-order valence-electron chi connectivity index (χ2n) is 6.47. The molecule has 0 atom stereocenters. The summed E-state index contributed by atoms with van der Waals surface area (Å²) in [5, 5.41) is 0. The van der Waals surface area contributed by atoms with Crippen LogP contribution in [0.4, 0.5) is 0 Å². The fourth-order valence-corrected chi connectivity index (χ4v) is 5.09. The van der Waals surface area contributed by atoms with Crippen LogP contribution in [0.1, 0.15) is 77.6 Å². The maximum atomic E-state index is 6.76. The van der Waals surface area contributed by atoms with Crippen LogP contribution >= 0.6 is 27.5 Å². The monoisotopic (exact) mass is 344 g/mol. The van der Waals surface area contributed by atoms with Crippen molar-refractivity contribution in [2.24, 2.45) is 0 Å². The van der Waals surface area contributed by atoms with Crippen LogP contribution in [0, 0.1) is 0 Å². The summed E-state index contributed by atoms with van der Waals surface area (Å²) in [4.78, 5) is 1.19. The number of rotatable bonds is 6. The molecule has 108 valence electrons. The van der Waals surface area contributed by atoms with E-state index in [0.717, 1.165) is 18.1 Å². The second-order valence-corrected chi connectivity index (χ2v) is 7.84. The zero-order valence-corrected chi connectivity index (χ0v) is 14.6. The van der Waals surface area contributed by atoms with E-state index in [1.165, 1.54) is 73.6 Å². The van der Waals surface area contributed by atoms with Gasteiger partial charge in [-0.15, -0.1) is 0 Å². The number of hydrogen-bond donors (Lipinski definition) is 0. The molecule has 2 heterocycles. The largest absolute Gasteiger partial charge is 0.198 e. The SMILES string of the molecule is CCCCCC/C(Br)=C(/Cl)B1C2CCCC1CCC2. The summed E-state index contributed by atoms with van der Waals surface area (Å²) in [6.07, 6.45) is 14.9. The zero-order chi connectivity index (χ0) is 13.7. The molecule has 2 rings (SSSR count). The third kappa shape index (κ3) is 4.27. The van der Waals surface area contributed by atoms with Crippen molar-refractivity contribution in [1.29, 1.82) is 0 Å². The lowest BCUT2D eigenvalue weighted by atomic mass is 9.27. The van der Waals surface area contributed by atoms with E-state index in [2.05, 4.69) is 22.9 Å². The minimum absolute atomic E-state index is 0.685. The van der Waals surface area contributed by atoms with Crippen molar-refractivity contribution in [3.05, 3.63) is 9.41 Å². The topological polar surface area (TPSA) is 0 Å². The minimum Gasteiger partial charge on any atom is -0.0991 e. The molecule has 0 aromatic carbocycles. The number of unbranched alkanes of at least 4 members (excludes halogenated alkanes) is 3. The van der Waals surface area contributed by atoms with Gasteiger partial charge in [0.1, 0.15) is 0 Å². The Kier molecular flexibility index (Phi) is 6.82. The van der Waals surface area contributed by atoms with Crippen LogP contribution in [-0.4, -0.2) is 6.71 Å². The van der Waals surface area contributed by atoms with E-state index in [9.17, 15) is 0 Å². The molecular weight excluding hydrogens is 318 g/mol. The third-order valence-electron chi connectivity index (χ3n) is 5.12. The highest BCUT2D eigenvalue weighted by atomic mass is 79.9. The van der Waals surface area contributed by atoms with E-state index in [0.29, 0.717) is 6.71 Å². The summed E-state index contributed by atoms with van der Waals surface area (Å²) in [7, 11) is 0. The van der Waals surface area contributed by atoms with Crippen LogP contribution < -0.4 is 0 Å². The summed E-state index contributed by atoms with van der Waals surface area (Å²) in [5.41, 5.74) is 0. The van der Waals surface area contributed by atoms with Crippen molar-refractivity contribution in [1.82, 2.24) is 0 Å². The maximum Gasteiger partial charge on any atom is 0.198 e. The Morgan fingerprint density at radius 3 is 2.16 bits per heavy atom. The summed E-state index contributed by atoms with van der Waals surface area (Å²) < 4.78 is 1.31. The van der Waals surface area contributed by atoms with Crippen molar-refractivity contribution < 1.29 is 0 Å². The molecule has 0 aromatic heterocycles. The number of halogens is 2. The average Bonchev–Trinajstić information content (AvgIpc) is 2.41. The van der Waals surface area contributed by atoms with Crippen LogP contribution in [0.25, 0.3) is 0 Å². The van der Waals surface area contributed by atoms with Crippen LogP contribution in [0.5, 0.6) is 0 Å². The molecule has 0 nitrogen and oxygen atoms in total. The molecule has 2 fully saturated rings. The average molecular weight is 346 g/mol. The summed E-state index contributed by atoms with van der Waals surface area (Å²) in [6.45, 7) is 2.95. The van der Waals surface area contributed by atoms with Gasteiger partial charge in [-0.25, -0.2) is 0 Å². The Labute approximate surface area is 133 Å². The molecule has 0 spiro atoms. The van der Waals surface area contributed by atoms with E-state index in [1.807, 2.05) is 0 Å². The van der Waals surface area contributed by atoms with Gasteiger partial charge in [-0.1, -0.05) is 104 Å². The normalized spacial score (nSPS) is 28.3. The molecule has 2 saturated heterocycles. The molecular formula is C16H27BBrCl. The van der Waals surface area contributed by atoms with Crippen LogP contribution in [0.3, 0.4) is 0 Å². The molecule has 0 amide bonds. The first-order valence-electron chi connectivity index (χ1n) is 8.28. The quantitative estimate of drug-likeness (QED) is 0.361. The third-order valence-corrected chi connectivity index (χ3v) is 6.65. The zero-order valence-electron chi connectivity index (χ0n) is 12.3. The van der Waals surface area contributed by atoms with Crippen LogP contribution in [0.15, 0.2) is 9.41 Å². The van der Waals surface area contributed by atoms with E-state index >= 15 is 0 Å². The molecule has 0 saturated carbocycles. The van der Waals surface area contributed by atoms with E-state index in [-0.39, 0.29) is 0 Å². The Morgan fingerprint density at radius 2 is 1.63 bits per heavy atom. The van der Waals surface area contributed by atoms with Gasteiger partial charge in [0.15, 0.2) is 6.71 Å². The highest BCUT2D eigenvalue weighted by molar-refractivity contribution is 9.11. The Bertz CT molecular complexity index is 294. The molecule has 2 aliphatic heterocycles. The summed E-state index contributed by atoms with van der Waals surface area (Å²) in [5.74, 6) is 1.76. The fraction of sp³-hybridized carbons (Fsp3) is 0.875. The van der Waals surface area contributed by atoms with Crippen molar-refractivity contribution >= 4 is 34.2 Å². The van der Waals surface area contributed by atoms with Crippen LogP contribution in [-0.2, 0) is 0 Å². The van der Waals surface area contributed by atoms with Gasteiger partial charge in [-0.3, -0.25) is 0 Å². The van der Waals surface area contributed by atoms with Gasteiger partial charge < -0.3 is 0 Å². The van der Waals surface area contributed by atoms with Gasteiger partial charge in [0.2, 0.25) is 0 Å². The molecule has 0 unspecified atom stereocenters. The number of fused-ring (bicyclic) bond motifs is 2. The molecule has 0 aromatic rings. The Hall–Kier alpha value is 0.575. The van der Waals surface area contributed by atoms with Gasteiger partial charge in [-0.2, -0.15) is 0 Å². The summed E-state index contributed by atoms with van der Waals surface area (Å²) >= 11 is 10.5. The molecule has 3 heteroatoms. The Morgan fingerprint density at radius 1 is 1.05 bits per heavy atom. The fourth-order valence-electron chi connectivity index (χ4n) is 4.10. The molecule has 2 bridgehead atoms. The van der Waals surface area contributed by atoms with Crippen LogP contribution in [0.2, 0.25) is 11.6 Å².